The van der Waals surface area contributed by atoms with E-state index in [-0.39, 0.29) is 5.92 Å². The van der Waals surface area contributed by atoms with E-state index in [2.05, 4.69) is 58.5 Å². The highest BCUT2D eigenvalue weighted by molar-refractivity contribution is 5.96. The Morgan fingerprint density at radius 2 is 1.94 bits per heavy atom. The van der Waals surface area contributed by atoms with Gasteiger partial charge in [-0.3, -0.25) is 0 Å². The standard InChI is InChI=1S/C16H12N2/c1-3-11-5-2-6-13-14(16-17-9-10-18-16)8-7-12(4-1)15(11)13/h1-10,14H,(H,17,18). The van der Waals surface area contributed by atoms with Gasteiger partial charge in [-0.2, -0.15) is 0 Å². The molecule has 0 saturated carbocycles. The first kappa shape index (κ1) is 9.66. The zero-order chi connectivity index (χ0) is 11.9. The number of imidazole rings is 1. The number of allylic oxidation sites excluding steroid dienone is 1. The molecule has 2 nitrogen and oxygen atoms in total. The van der Waals surface area contributed by atoms with Gasteiger partial charge >= 0.3 is 0 Å². The third kappa shape index (κ3) is 1.26. The number of nitrogens with one attached hydrogen (secondary N) is 1. The van der Waals surface area contributed by atoms with Crippen molar-refractivity contribution in [2.75, 3.05) is 0 Å². The van der Waals surface area contributed by atoms with E-state index in [0.717, 1.165) is 5.82 Å². The molecule has 0 saturated heterocycles. The number of H-pyrrole nitrogens is 1. The van der Waals surface area contributed by atoms with Gasteiger partial charge in [-0.1, -0.05) is 48.6 Å². The van der Waals surface area contributed by atoms with E-state index in [1.165, 1.54) is 21.9 Å². The first-order valence-corrected chi connectivity index (χ1v) is 6.12. The Balaban J connectivity index is 2.04. The normalized spacial score (nSPS) is 17.2. The van der Waals surface area contributed by atoms with Crippen LogP contribution in [0.5, 0.6) is 0 Å². The van der Waals surface area contributed by atoms with Crippen molar-refractivity contribution in [3.8, 4) is 0 Å². The maximum absolute atomic E-state index is 4.39. The summed E-state index contributed by atoms with van der Waals surface area (Å²) >= 11 is 0. The van der Waals surface area contributed by atoms with Crippen molar-refractivity contribution in [3.63, 3.8) is 0 Å². The van der Waals surface area contributed by atoms with Crippen LogP contribution in [0.15, 0.2) is 54.9 Å². The van der Waals surface area contributed by atoms with E-state index in [1.54, 1.807) is 0 Å². The molecular weight excluding hydrogens is 220 g/mol. The molecule has 0 aliphatic heterocycles. The van der Waals surface area contributed by atoms with Crippen LogP contribution in [0.1, 0.15) is 22.9 Å². The van der Waals surface area contributed by atoms with E-state index < -0.39 is 0 Å². The van der Waals surface area contributed by atoms with Gasteiger partial charge in [0, 0.05) is 12.4 Å². The topological polar surface area (TPSA) is 28.7 Å². The zero-order valence-corrected chi connectivity index (χ0v) is 9.80. The summed E-state index contributed by atoms with van der Waals surface area (Å²) in [5.74, 6) is 1.24. The molecule has 0 spiro atoms. The molecule has 86 valence electrons. The first-order chi connectivity index (χ1) is 8.93. The van der Waals surface area contributed by atoms with Crippen LogP contribution < -0.4 is 0 Å². The fraction of sp³-hybridized carbons (Fsp3) is 0.0625. The van der Waals surface area contributed by atoms with Crippen LogP contribution >= 0.6 is 0 Å². The molecule has 0 amide bonds. The summed E-state index contributed by atoms with van der Waals surface area (Å²) in [6, 6.07) is 12.9. The van der Waals surface area contributed by atoms with E-state index in [4.69, 9.17) is 0 Å². The lowest BCUT2D eigenvalue weighted by molar-refractivity contribution is 0.923. The lowest BCUT2D eigenvalue weighted by Crippen LogP contribution is -2.04. The molecule has 0 radical (unpaired) electrons. The maximum Gasteiger partial charge on any atom is 0.117 e. The van der Waals surface area contributed by atoms with E-state index >= 15 is 0 Å². The van der Waals surface area contributed by atoms with Crippen LogP contribution in [0.4, 0.5) is 0 Å². The largest absolute Gasteiger partial charge is 0.348 e. The highest BCUT2D eigenvalue weighted by atomic mass is 14.9. The fourth-order valence-corrected chi connectivity index (χ4v) is 2.79. The Hall–Kier alpha value is -2.35. The maximum atomic E-state index is 4.39. The van der Waals surface area contributed by atoms with Gasteiger partial charge in [-0.15, -0.1) is 0 Å². The molecule has 4 rings (SSSR count). The zero-order valence-electron chi connectivity index (χ0n) is 9.80. The molecule has 1 unspecified atom stereocenters. The van der Waals surface area contributed by atoms with Crippen molar-refractivity contribution >= 4 is 16.8 Å². The van der Waals surface area contributed by atoms with Gasteiger partial charge in [0.25, 0.3) is 0 Å². The summed E-state index contributed by atoms with van der Waals surface area (Å²) in [5.41, 5.74) is 2.63. The summed E-state index contributed by atoms with van der Waals surface area (Å²) in [5, 5.41) is 2.65. The van der Waals surface area contributed by atoms with Crippen molar-refractivity contribution in [2.24, 2.45) is 0 Å². The molecular formula is C16H12N2. The Morgan fingerprint density at radius 3 is 2.78 bits per heavy atom. The Labute approximate surface area is 105 Å². The molecule has 2 aromatic carbocycles. The molecule has 1 atom stereocenters. The number of hydrogen-bond acceptors (Lipinski definition) is 1. The lowest BCUT2D eigenvalue weighted by atomic mass is 9.86. The SMILES string of the molecule is C1=CC(c2ncc[nH]2)c2cccc3cccc1c23. The summed E-state index contributed by atoms with van der Waals surface area (Å²) in [4.78, 5) is 7.61. The first-order valence-electron chi connectivity index (χ1n) is 6.12. The monoisotopic (exact) mass is 232 g/mol. The summed E-state index contributed by atoms with van der Waals surface area (Å²) in [6.45, 7) is 0. The molecule has 3 aromatic rings. The van der Waals surface area contributed by atoms with Crippen molar-refractivity contribution in [1.29, 1.82) is 0 Å². The summed E-state index contributed by atoms with van der Waals surface area (Å²) < 4.78 is 0. The number of aromatic amines is 1. The van der Waals surface area contributed by atoms with Crippen LogP contribution in [0.2, 0.25) is 0 Å². The molecule has 1 aliphatic rings. The summed E-state index contributed by atoms with van der Waals surface area (Å²) in [6.07, 6.45) is 8.10. The second-order valence-corrected chi connectivity index (χ2v) is 4.60. The minimum atomic E-state index is 0.235. The van der Waals surface area contributed by atoms with Gasteiger partial charge in [0.05, 0.1) is 5.92 Å². The number of rotatable bonds is 1. The van der Waals surface area contributed by atoms with Crippen molar-refractivity contribution in [1.82, 2.24) is 9.97 Å². The van der Waals surface area contributed by atoms with Crippen molar-refractivity contribution in [3.05, 3.63) is 71.8 Å². The minimum absolute atomic E-state index is 0.235. The van der Waals surface area contributed by atoms with Gasteiger partial charge in [0.1, 0.15) is 5.82 Å². The summed E-state index contributed by atoms with van der Waals surface area (Å²) in [7, 11) is 0. The molecule has 18 heavy (non-hydrogen) atoms. The average molecular weight is 232 g/mol. The molecule has 2 heteroatoms. The second kappa shape index (κ2) is 3.57. The Kier molecular flexibility index (Phi) is 1.92. The van der Waals surface area contributed by atoms with Gasteiger partial charge in [0.15, 0.2) is 0 Å². The smallest absolute Gasteiger partial charge is 0.117 e. The van der Waals surface area contributed by atoms with Crippen LogP contribution in [-0.4, -0.2) is 9.97 Å². The highest BCUT2D eigenvalue weighted by Gasteiger charge is 2.20. The molecule has 0 fully saturated rings. The van der Waals surface area contributed by atoms with Gasteiger partial charge < -0.3 is 4.98 Å². The number of aromatic nitrogens is 2. The van der Waals surface area contributed by atoms with E-state index in [9.17, 15) is 0 Å². The van der Waals surface area contributed by atoms with E-state index in [0.29, 0.717) is 0 Å². The highest BCUT2D eigenvalue weighted by Crippen LogP contribution is 2.36. The van der Waals surface area contributed by atoms with Crippen LogP contribution in [0.3, 0.4) is 0 Å². The van der Waals surface area contributed by atoms with Gasteiger partial charge in [-0.05, 0) is 21.9 Å². The van der Waals surface area contributed by atoms with Crippen LogP contribution in [0.25, 0.3) is 16.8 Å². The second-order valence-electron chi connectivity index (χ2n) is 4.60. The quantitative estimate of drug-likeness (QED) is 0.680. The minimum Gasteiger partial charge on any atom is -0.348 e. The Morgan fingerprint density at radius 1 is 1.06 bits per heavy atom. The van der Waals surface area contributed by atoms with Crippen molar-refractivity contribution in [2.45, 2.75) is 5.92 Å². The molecule has 1 heterocycles. The van der Waals surface area contributed by atoms with Crippen LogP contribution in [0, 0.1) is 0 Å². The van der Waals surface area contributed by atoms with Crippen molar-refractivity contribution < 1.29 is 0 Å². The predicted molar refractivity (Wildman–Crippen MR) is 73.4 cm³/mol. The van der Waals surface area contributed by atoms with Crippen LogP contribution in [-0.2, 0) is 0 Å². The predicted octanol–water partition coefficient (Wildman–Crippen LogP) is 3.72. The third-order valence-corrected chi connectivity index (χ3v) is 3.59. The number of hydrogen-bond donors (Lipinski definition) is 1. The lowest BCUT2D eigenvalue weighted by Gasteiger charge is -2.19. The molecule has 1 aliphatic carbocycles. The molecule has 0 bridgehead atoms. The molecule has 1 aromatic heterocycles. The van der Waals surface area contributed by atoms with Gasteiger partial charge in [-0.25, -0.2) is 4.98 Å². The molecule has 1 N–H and O–H groups in total. The third-order valence-electron chi connectivity index (χ3n) is 3.59. The number of nitrogens with zero attached hydrogens (tertiary/aromatic N) is 1. The van der Waals surface area contributed by atoms with Gasteiger partial charge in [0.2, 0.25) is 0 Å². The average Bonchev–Trinajstić information content (AvgIpc) is 2.94. The Bertz CT molecular complexity index is 734. The fourth-order valence-electron chi connectivity index (χ4n) is 2.79. The van der Waals surface area contributed by atoms with E-state index in [1.807, 2.05) is 12.4 Å². The number of benzene rings is 2.